The van der Waals surface area contributed by atoms with Crippen LogP contribution in [0.25, 0.3) is 20.8 Å². The fourth-order valence-corrected chi connectivity index (χ4v) is 5.08. The number of fused-ring (bicyclic) bond motifs is 1. The zero-order chi connectivity index (χ0) is 21.1. The van der Waals surface area contributed by atoms with Gasteiger partial charge in [0.25, 0.3) is 5.91 Å². The minimum absolute atomic E-state index is 0.148. The topological polar surface area (TPSA) is 68.3 Å². The first-order valence-corrected chi connectivity index (χ1v) is 11.3. The first kappa shape index (κ1) is 20.5. The quantitative estimate of drug-likeness (QED) is 0.584. The van der Waals surface area contributed by atoms with E-state index >= 15 is 0 Å². The van der Waals surface area contributed by atoms with Crippen LogP contribution in [0.4, 0.5) is 0 Å². The molecule has 156 valence electrons. The zero-order valence-electron chi connectivity index (χ0n) is 17.3. The average Bonchev–Trinajstić information content (AvgIpc) is 3.19. The van der Waals surface area contributed by atoms with E-state index in [0.29, 0.717) is 17.4 Å². The Morgan fingerprint density at radius 2 is 1.87 bits per heavy atom. The summed E-state index contributed by atoms with van der Waals surface area (Å²) >= 11 is 1.53. The smallest absolute Gasteiger partial charge is 0.339 e. The molecule has 1 aliphatic carbocycles. The van der Waals surface area contributed by atoms with E-state index in [1.165, 1.54) is 17.8 Å². The van der Waals surface area contributed by atoms with E-state index in [1.54, 1.807) is 12.1 Å². The number of carbonyl (C=O) groups excluding carboxylic acids is 2. The molecule has 1 aromatic heterocycles. The van der Waals surface area contributed by atoms with Gasteiger partial charge < -0.3 is 10.1 Å². The van der Waals surface area contributed by atoms with Gasteiger partial charge in [-0.05, 0) is 36.5 Å². The van der Waals surface area contributed by atoms with Crippen molar-refractivity contribution >= 4 is 33.4 Å². The number of amides is 1. The maximum absolute atomic E-state index is 12.7. The van der Waals surface area contributed by atoms with Crippen molar-refractivity contribution in [2.45, 2.75) is 39.2 Å². The van der Waals surface area contributed by atoms with Crippen molar-refractivity contribution in [3.8, 4) is 10.6 Å². The minimum atomic E-state index is -0.509. The highest BCUT2D eigenvalue weighted by Crippen LogP contribution is 2.32. The number of para-hydroxylation sites is 1. The SMILES string of the molecule is C[C@H]1[C@H](C)CCC[C@H]1NC(=O)COC(=O)c1ccccc1-c1nc2ccccc2s1. The third kappa shape index (κ3) is 4.38. The molecule has 30 heavy (non-hydrogen) atoms. The monoisotopic (exact) mass is 422 g/mol. The van der Waals surface area contributed by atoms with Crippen molar-refractivity contribution in [1.29, 1.82) is 0 Å². The number of esters is 1. The Balaban J connectivity index is 1.43. The molecule has 0 radical (unpaired) electrons. The van der Waals surface area contributed by atoms with E-state index in [9.17, 15) is 9.59 Å². The second-order valence-corrected chi connectivity index (χ2v) is 9.08. The van der Waals surface area contributed by atoms with E-state index in [2.05, 4.69) is 24.1 Å². The second-order valence-electron chi connectivity index (χ2n) is 8.05. The van der Waals surface area contributed by atoms with E-state index in [0.717, 1.165) is 33.6 Å². The van der Waals surface area contributed by atoms with Crippen molar-refractivity contribution in [3.05, 3.63) is 54.1 Å². The van der Waals surface area contributed by atoms with Crippen LogP contribution in [0.15, 0.2) is 48.5 Å². The molecule has 3 aromatic rings. The lowest BCUT2D eigenvalue weighted by Crippen LogP contribution is -2.45. The number of ether oxygens (including phenoxy) is 1. The molecule has 1 saturated carbocycles. The summed E-state index contributed by atoms with van der Waals surface area (Å²) < 4.78 is 6.42. The number of thiazole rings is 1. The van der Waals surface area contributed by atoms with Gasteiger partial charge in [-0.2, -0.15) is 0 Å². The maximum atomic E-state index is 12.7. The number of nitrogens with one attached hydrogen (secondary N) is 1. The van der Waals surface area contributed by atoms with E-state index in [-0.39, 0.29) is 18.6 Å². The Labute approximate surface area is 180 Å². The highest BCUT2D eigenvalue weighted by molar-refractivity contribution is 7.21. The Kier molecular flexibility index (Phi) is 6.13. The highest BCUT2D eigenvalue weighted by atomic mass is 32.1. The molecule has 6 heteroatoms. The second kappa shape index (κ2) is 8.96. The van der Waals surface area contributed by atoms with Gasteiger partial charge in [-0.15, -0.1) is 11.3 Å². The number of hydrogen-bond acceptors (Lipinski definition) is 5. The molecule has 0 unspecified atom stereocenters. The van der Waals surface area contributed by atoms with Gasteiger partial charge in [0.2, 0.25) is 0 Å². The molecule has 1 N–H and O–H groups in total. The van der Waals surface area contributed by atoms with Crippen molar-refractivity contribution in [1.82, 2.24) is 10.3 Å². The first-order valence-electron chi connectivity index (χ1n) is 10.4. The largest absolute Gasteiger partial charge is 0.452 e. The molecular formula is C24H26N2O3S. The summed E-state index contributed by atoms with van der Waals surface area (Å²) in [5.41, 5.74) is 2.04. The predicted molar refractivity (Wildman–Crippen MR) is 119 cm³/mol. The van der Waals surface area contributed by atoms with Crippen LogP contribution in [-0.2, 0) is 9.53 Å². The van der Waals surface area contributed by atoms with E-state index in [1.807, 2.05) is 36.4 Å². The maximum Gasteiger partial charge on any atom is 0.339 e. The molecule has 1 fully saturated rings. The highest BCUT2D eigenvalue weighted by Gasteiger charge is 2.28. The van der Waals surface area contributed by atoms with Crippen LogP contribution in [0.5, 0.6) is 0 Å². The standard InChI is InChI=1S/C24H26N2O3S/c1-15-8-7-12-19(16(15)2)25-22(27)14-29-24(28)18-10-4-3-9-17(18)23-26-20-11-5-6-13-21(20)30-23/h3-6,9-11,13,15-16,19H,7-8,12,14H2,1-2H3,(H,25,27)/t15-,16+,19-/m1/s1. The predicted octanol–water partition coefficient (Wildman–Crippen LogP) is 5.06. The summed E-state index contributed by atoms with van der Waals surface area (Å²) in [5.74, 6) is 0.266. The summed E-state index contributed by atoms with van der Waals surface area (Å²) in [7, 11) is 0. The molecule has 2 aromatic carbocycles. The Morgan fingerprint density at radius 3 is 2.70 bits per heavy atom. The lowest BCUT2D eigenvalue weighted by Gasteiger charge is -2.34. The lowest BCUT2D eigenvalue weighted by molar-refractivity contribution is -0.125. The van der Waals surface area contributed by atoms with E-state index < -0.39 is 5.97 Å². The summed E-state index contributed by atoms with van der Waals surface area (Å²) in [6, 6.07) is 15.3. The fraction of sp³-hybridized carbons (Fsp3) is 0.375. The van der Waals surface area contributed by atoms with Crippen molar-refractivity contribution < 1.29 is 14.3 Å². The molecule has 1 amide bonds. The molecule has 0 aliphatic heterocycles. The molecule has 4 rings (SSSR count). The number of nitrogens with zero attached hydrogens (tertiary/aromatic N) is 1. The third-order valence-electron chi connectivity index (χ3n) is 6.06. The molecule has 0 spiro atoms. The molecule has 1 aliphatic rings. The fourth-order valence-electron chi connectivity index (χ4n) is 4.08. The lowest BCUT2D eigenvalue weighted by atomic mass is 9.78. The van der Waals surface area contributed by atoms with Gasteiger partial charge >= 0.3 is 5.97 Å². The first-order chi connectivity index (χ1) is 14.5. The van der Waals surface area contributed by atoms with Gasteiger partial charge in [-0.1, -0.05) is 57.0 Å². The van der Waals surface area contributed by atoms with Gasteiger partial charge in [-0.3, -0.25) is 4.79 Å². The van der Waals surface area contributed by atoms with Crippen LogP contribution in [-0.4, -0.2) is 29.5 Å². The van der Waals surface area contributed by atoms with Gasteiger partial charge in [0, 0.05) is 11.6 Å². The normalized spacial score (nSPS) is 21.3. The molecule has 3 atom stereocenters. The number of rotatable bonds is 5. The third-order valence-corrected chi connectivity index (χ3v) is 7.13. The van der Waals surface area contributed by atoms with Gasteiger partial charge in [0.1, 0.15) is 5.01 Å². The number of benzene rings is 2. The van der Waals surface area contributed by atoms with Gasteiger partial charge in [0.15, 0.2) is 6.61 Å². The minimum Gasteiger partial charge on any atom is -0.452 e. The molecule has 0 saturated heterocycles. The molecule has 1 heterocycles. The summed E-state index contributed by atoms with van der Waals surface area (Å²) in [6.45, 7) is 4.13. The summed E-state index contributed by atoms with van der Waals surface area (Å²) in [5, 5.41) is 3.81. The van der Waals surface area contributed by atoms with Crippen LogP contribution < -0.4 is 5.32 Å². The Hall–Kier alpha value is -2.73. The average molecular weight is 423 g/mol. The number of aromatic nitrogens is 1. The van der Waals surface area contributed by atoms with Crippen LogP contribution in [0.2, 0.25) is 0 Å². The zero-order valence-corrected chi connectivity index (χ0v) is 18.1. The van der Waals surface area contributed by atoms with E-state index in [4.69, 9.17) is 4.74 Å². The summed E-state index contributed by atoms with van der Waals surface area (Å²) in [6.07, 6.45) is 3.29. The summed E-state index contributed by atoms with van der Waals surface area (Å²) in [4.78, 5) is 29.8. The molecule has 0 bridgehead atoms. The van der Waals surface area contributed by atoms with Crippen LogP contribution >= 0.6 is 11.3 Å². The van der Waals surface area contributed by atoms with Crippen LogP contribution in [0.3, 0.4) is 0 Å². The Bertz CT molecular complexity index is 1030. The molecular weight excluding hydrogens is 396 g/mol. The van der Waals surface area contributed by atoms with Gasteiger partial charge in [0.05, 0.1) is 15.8 Å². The van der Waals surface area contributed by atoms with Crippen molar-refractivity contribution in [3.63, 3.8) is 0 Å². The number of carbonyl (C=O) groups is 2. The van der Waals surface area contributed by atoms with Gasteiger partial charge in [-0.25, -0.2) is 9.78 Å². The Morgan fingerprint density at radius 1 is 1.10 bits per heavy atom. The van der Waals surface area contributed by atoms with Crippen LogP contribution in [0.1, 0.15) is 43.5 Å². The van der Waals surface area contributed by atoms with Crippen molar-refractivity contribution in [2.75, 3.05) is 6.61 Å². The van der Waals surface area contributed by atoms with Crippen LogP contribution in [0, 0.1) is 11.8 Å². The molecule has 5 nitrogen and oxygen atoms in total. The van der Waals surface area contributed by atoms with Crippen molar-refractivity contribution in [2.24, 2.45) is 11.8 Å². The number of hydrogen-bond donors (Lipinski definition) is 1.